The summed E-state index contributed by atoms with van der Waals surface area (Å²) in [7, 11) is 0. The predicted molar refractivity (Wildman–Crippen MR) is 104 cm³/mol. The number of pyridine rings is 1. The first-order chi connectivity index (χ1) is 13.1. The van der Waals surface area contributed by atoms with Crippen molar-refractivity contribution in [3.63, 3.8) is 0 Å². The monoisotopic (exact) mass is 362 g/mol. The van der Waals surface area contributed by atoms with Crippen molar-refractivity contribution in [3.8, 4) is 17.2 Å². The summed E-state index contributed by atoms with van der Waals surface area (Å²) in [5.41, 5.74) is 2.13. The molecule has 1 heterocycles. The van der Waals surface area contributed by atoms with Crippen LogP contribution < -0.4 is 14.8 Å². The third-order valence-electron chi connectivity index (χ3n) is 4.01. The molecule has 1 unspecified atom stereocenters. The fourth-order valence-electron chi connectivity index (χ4n) is 2.49. The largest absolute Gasteiger partial charge is 0.484 e. The van der Waals surface area contributed by atoms with Gasteiger partial charge in [-0.05, 0) is 61.9 Å². The molecule has 3 rings (SSSR count). The molecule has 0 saturated carbocycles. The van der Waals surface area contributed by atoms with Crippen LogP contribution in [0.5, 0.6) is 17.2 Å². The highest BCUT2D eigenvalue weighted by Gasteiger charge is 2.10. The molecular weight excluding hydrogens is 340 g/mol. The van der Waals surface area contributed by atoms with Crippen LogP contribution in [0.4, 0.5) is 0 Å². The minimum atomic E-state index is -0.189. The van der Waals surface area contributed by atoms with Gasteiger partial charge in [-0.15, -0.1) is 0 Å². The number of nitrogens with one attached hydrogen (secondary N) is 1. The molecule has 0 fully saturated rings. The van der Waals surface area contributed by atoms with E-state index in [2.05, 4.69) is 10.3 Å². The van der Waals surface area contributed by atoms with Crippen LogP contribution in [0, 0.1) is 6.92 Å². The summed E-state index contributed by atoms with van der Waals surface area (Å²) in [6, 6.07) is 18.7. The Morgan fingerprint density at radius 3 is 2.26 bits per heavy atom. The number of carbonyl (C=O) groups is 1. The molecule has 0 bridgehead atoms. The summed E-state index contributed by atoms with van der Waals surface area (Å²) < 4.78 is 11.3. The molecule has 0 aliphatic rings. The molecule has 0 radical (unpaired) electrons. The first-order valence-corrected chi connectivity index (χ1v) is 8.77. The second-order valence-electron chi connectivity index (χ2n) is 6.25. The van der Waals surface area contributed by atoms with E-state index in [1.807, 2.05) is 62.4 Å². The SMILES string of the molecule is Cc1ccc(Oc2ccc(OCC(=O)NC(C)c3cccnc3)cc2)cc1. The Hall–Kier alpha value is -3.34. The van der Waals surface area contributed by atoms with Crippen LogP contribution in [0.2, 0.25) is 0 Å². The van der Waals surface area contributed by atoms with Crippen LogP contribution in [0.25, 0.3) is 0 Å². The van der Waals surface area contributed by atoms with Crippen LogP contribution in [-0.4, -0.2) is 17.5 Å². The summed E-state index contributed by atoms with van der Waals surface area (Å²) in [6.45, 7) is 3.89. The van der Waals surface area contributed by atoms with Crippen LogP contribution in [0.15, 0.2) is 73.1 Å². The number of carbonyl (C=O) groups excluding carboxylic acids is 1. The van der Waals surface area contributed by atoms with E-state index in [0.29, 0.717) is 11.5 Å². The Bertz CT molecular complexity index is 862. The van der Waals surface area contributed by atoms with Crippen LogP contribution in [0.1, 0.15) is 24.1 Å². The molecule has 3 aromatic rings. The fraction of sp³-hybridized carbons (Fsp3) is 0.182. The Balaban J connectivity index is 1.48. The maximum absolute atomic E-state index is 12.1. The van der Waals surface area contributed by atoms with Crippen molar-refractivity contribution < 1.29 is 14.3 Å². The van der Waals surface area contributed by atoms with E-state index in [1.54, 1.807) is 24.5 Å². The molecule has 138 valence electrons. The summed E-state index contributed by atoms with van der Waals surface area (Å²) in [4.78, 5) is 16.1. The van der Waals surface area contributed by atoms with E-state index in [0.717, 1.165) is 11.3 Å². The van der Waals surface area contributed by atoms with Crippen LogP contribution in [0.3, 0.4) is 0 Å². The van der Waals surface area contributed by atoms with Crippen molar-refractivity contribution in [2.75, 3.05) is 6.61 Å². The van der Waals surface area contributed by atoms with E-state index >= 15 is 0 Å². The second-order valence-corrected chi connectivity index (χ2v) is 6.25. The molecule has 27 heavy (non-hydrogen) atoms. The molecule has 1 atom stereocenters. The highest BCUT2D eigenvalue weighted by molar-refractivity contribution is 5.78. The Morgan fingerprint density at radius 2 is 1.63 bits per heavy atom. The molecule has 1 aromatic heterocycles. The summed E-state index contributed by atoms with van der Waals surface area (Å²) in [5, 5.41) is 2.89. The predicted octanol–water partition coefficient (Wildman–Crippen LogP) is 4.44. The highest BCUT2D eigenvalue weighted by Crippen LogP contribution is 2.24. The first-order valence-electron chi connectivity index (χ1n) is 8.77. The van der Waals surface area contributed by atoms with Gasteiger partial charge in [-0.1, -0.05) is 23.8 Å². The summed E-state index contributed by atoms with van der Waals surface area (Å²) in [6.07, 6.45) is 3.44. The van der Waals surface area contributed by atoms with Gasteiger partial charge in [0.15, 0.2) is 6.61 Å². The zero-order chi connectivity index (χ0) is 19.1. The Kier molecular flexibility index (Phi) is 6.05. The average molecular weight is 362 g/mol. The lowest BCUT2D eigenvalue weighted by Crippen LogP contribution is -2.31. The maximum atomic E-state index is 12.1. The van der Waals surface area contributed by atoms with Crippen molar-refractivity contribution in [1.29, 1.82) is 0 Å². The molecule has 2 aromatic carbocycles. The number of benzene rings is 2. The van der Waals surface area contributed by atoms with E-state index in [-0.39, 0.29) is 18.6 Å². The van der Waals surface area contributed by atoms with E-state index in [1.165, 1.54) is 5.56 Å². The molecule has 1 amide bonds. The summed E-state index contributed by atoms with van der Waals surface area (Å²) in [5.74, 6) is 1.90. The molecule has 0 aliphatic heterocycles. The standard InChI is InChI=1S/C22H22N2O3/c1-16-5-7-20(8-6-16)27-21-11-9-19(10-12-21)26-15-22(25)24-17(2)18-4-3-13-23-14-18/h3-14,17H,15H2,1-2H3,(H,24,25). The number of rotatable bonds is 7. The topological polar surface area (TPSA) is 60.5 Å². The maximum Gasteiger partial charge on any atom is 0.258 e. The molecule has 5 heteroatoms. The number of ether oxygens (including phenoxy) is 2. The highest BCUT2D eigenvalue weighted by atomic mass is 16.5. The third-order valence-corrected chi connectivity index (χ3v) is 4.01. The van der Waals surface area contributed by atoms with Crippen molar-refractivity contribution in [1.82, 2.24) is 10.3 Å². The van der Waals surface area contributed by atoms with E-state index in [4.69, 9.17) is 9.47 Å². The molecule has 0 aliphatic carbocycles. The normalized spacial score (nSPS) is 11.5. The quantitative estimate of drug-likeness (QED) is 0.675. The van der Waals surface area contributed by atoms with E-state index in [9.17, 15) is 4.79 Å². The average Bonchev–Trinajstić information content (AvgIpc) is 2.70. The number of nitrogens with zero attached hydrogens (tertiary/aromatic N) is 1. The minimum absolute atomic E-state index is 0.0528. The van der Waals surface area contributed by atoms with Gasteiger partial charge >= 0.3 is 0 Å². The molecule has 0 spiro atoms. The van der Waals surface area contributed by atoms with Gasteiger partial charge in [0, 0.05) is 12.4 Å². The smallest absolute Gasteiger partial charge is 0.258 e. The van der Waals surface area contributed by atoms with Crippen molar-refractivity contribution in [3.05, 3.63) is 84.2 Å². The van der Waals surface area contributed by atoms with Crippen LogP contribution >= 0.6 is 0 Å². The van der Waals surface area contributed by atoms with E-state index < -0.39 is 0 Å². The zero-order valence-corrected chi connectivity index (χ0v) is 15.4. The van der Waals surface area contributed by atoms with Gasteiger partial charge in [-0.3, -0.25) is 9.78 Å². The van der Waals surface area contributed by atoms with Crippen LogP contribution in [-0.2, 0) is 4.79 Å². The Morgan fingerprint density at radius 1 is 1.00 bits per heavy atom. The van der Waals surface area contributed by atoms with Gasteiger partial charge in [0.05, 0.1) is 6.04 Å². The number of hydrogen-bond donors (Lipinski definition) is 1. The van der Waals surface area contributed by atoms with Gasteiger partial charge in [0.1, 0.15) is 17.2 Å². The van der Waals surface area contributed by atoms with Gasteiger partial charge in [0.25, 0.3) is 5.91 Å². The van der Waals surface area contributed by atoms with Gasteiger partial charge in [-0.25, -0.2) is 0 Å². The Labute approximate surface area is 159 Å². The lowest BCUT2D eigenvalue weighted by atomic mass is 10.1. The lowest BCUT2D eigenvalue weighted by Gasteiger charge is -2.14. The summed E-state index contributed by atoms with van der Waals surface area (Å²) >= 11 is 0. The number of hydrogen-bond acceptors (Lipinski definition) is 4. The second kappa shape index (κ2) is 8.85. The first kappa shape index (κ1) is 18.5. The van der Waals surface area contributed by atoms with Crippen molar-refractivity contribution in [2.45, 2.75) is 19.9 Å². The molecular formula is C22H22N2O3. The number of aromatic nitrogens is 1. The third kappa shape index (κ3) is 5.57. The fourth-order valence-corrected chi connectivity index (χ4v) is 2.49. The lowest BCUT2D eigenvalue weighted by molar-refractivity contribution is -0.123. The molecule has 0 saturated heterocycles. The van der Waals surface area contributed by atoms with Gasteiger partial charge < -0.3 is 14.8 Å². The van der Waals surface area contributed by atoms with Crippen molar-refractivity contribution in [2.24, 2.45) is 0 Å². The zero-order valence-electron chi connectivity index (χ0n) is 15.4. The number of amides is 1. The molecule has 5 nitrogen and oxygen atoms in total. The van der Waals surface area contributed by atoms with Gasteiger partial charge in [0.2, 0.25) is 0 Å². The van der Waals surface area contributed by atoms with Gasteiger partial charge in [-0.2, -0.15) is 0 Å². The van der Waals surface area contributed by atoms with Crippen molar-refractivity contribution >= 4 is 5.91 Å². The molecule has 1 N–H and O–H groups in total. The minimum Gasteiger partial charge on any atom is -0.484 e. The number of aryl methyl sites for hydroxylation is 1.